The lowest BCUT2D eigenvalue weighted by Gasteiger charge is -2.16. The summed E-state index contributed by atoms with van der Waals surface area (Å²) in [6.07, 6.45) is 0.883. The number of hydrogen-bond donors (Lipinski definition) is 2. The first kappa shape index (κ1) is 20.1. The molecule has 0 aliphatic heterocycles. The number of carbonyl (C=O) groups excluding carboxylic acids is 2. The molecule has 2 amide bonds. The number of benzene rings is 1. The summed E-state index contributed by atoms with van der Waals surface area (Å²) < 4.78 is 38.1. The summed E-state index contributed by atoms with van der Waals surface area (Å²) in [6.45, 7) is 2.18. The second-order valence-corrected chi connectivity index (χ2v) is 7.94. The normalized spacial score (nSPS) is 16.6. The van der Waals surface area contributed by atoms with Crippen molar-refractivity contribution >= 4 is 29.2 Å². The number of alkyl halides is 3. The van der Waals surface area contributed by atoms with Gasteiger partial charge in [-0.1, -0.05) is 19.1 Å². The van der Waals surface area contributed by atoms with Gasteiger partial charge in [-0.25, -0.2) is 0 Å². The van der Waals surface area contributed by atoms with Gasteiger partial charge in [-0.3, -0.25) is 20.4 Å². The minimum atomic E-state index is -4.45. The number of hydrazine groups is 1. The molecule has 0 fully saturated rings. The van der Waals surface area contributed by atoms with Crippen LogP contribution < -0.4 is 10.9 Å². The molecule has 1 aliphatic carbocycles. The molecule has 2 N–H and O–H groups in total. The maximum absolute atomic E-state index is 12.7. The van der Waals surface area contributed by atoms with E-state index in [9.17, 15) is 22.8 Å². The number of halogens is 3. The Morgan fingerprint density at radius 1 is 1.21 bits per heavy atom. The van der Waals surface area contributed by atoms with E-state index in [1.807, 2.05) is 6.07 Å². The zero-order valence-corrected chi connectivity index (χ0v) is 15.9. The van der Waals surface area contributed by atoms with E-state index in [2.05, 4.69) is 17.8 Å². The highest BCUT2D eigenvalue weighted by molar-refractivity contribution is 7.14. The van der Waals surface area contributed by atoms with Gasteiger partial charge in [0.05, 0.1) is 10.4 Å². The minimum Gasteiger partial charge on any atom is -0.268 e. The largest absolute Gasteiger partial charge is 0.416 e. The van der Waals surface area contributed by atoms with Crippen LogP contribution in [0.2, 0.25) is 0 Å². The van der Waals surface area contributed by atoms with Crippen LogP contribution in [0.3, 0.4) is 0 Å². The lowest BCUT2D eigenvalue weighted by atomic mass is 9.90. The molecule has 1 unspecified atom stereocenters. The van der Waals surface area contributed by atoms with Gasteiger partial charge >= 0.3 is 6.18 Å². The lowest BCUT2D eigenvalue weighted by Crippen LogP contribution is -2.40. The summed E-state index contributed by atoms with van der Waals surface area (Å²) in [7, 11) is 0. The van der Waals surface area contributed by atoms with Gasteiger partial charge in [-0.2, -0.15) is 13.2 Å². The van der Waals surface area contributed by atoms with Crippen molar-refractivity contribution in [1.29, 1.82) is 0 Å². The number of carbonyl (C=O) groups is 2. The van der Waals surface area contributed by atoms with Crippen LogP contribution in [0.15, 0.2) is 36.4 Å². The highest BCUT2D eigenvalue weighted by Crippen LogP contribution is 2.32. The molecule has 0 spiro atoms. The van der Waals surface area contributed by atoms with Gasteiger partial charge in [0.1, 0.15) is 0 Å². The summed E-state index contributed by atoms with van der Waals surface area (Å²) in [6, 6.07) is 6.48. The highest BCUT2D eigenvalue weighted by Gasteiger charge is 2.30. The molecule has 148 valence electrons. The van der Waals surface area contributed by atoms with E-state index >= 15 is 0 Å². The predicted octanol–water partition coefficient (Wildman–Crippen LogP) is 4.37. The number of nitrogens with one attached hydrogen (secondary N) is 2. The molecule has 1 heterocycles. The molecule has 28 heavy (non-hydrogen) atoms. The van der Waals surface area contributed by atoms with Gasteiger partial charge in [0.15, 0.2) is 0 Å². The van der Waals surface area contributed by atoms with E-state index in [1.165, 1.54) is 40.0 Å². The van der Waals surface area contributed by atoms with Crippen LogP contribution >= 0.6 is 11.3 Å². The fraction of sp³-hybridized carbons (Fsp3) is 0.300. The number of hydrogen-bond acceptors (Lipinski definition) is 3. The Kier molecular flexibility index (Phi) is 5.88. The summed E-state index contributed by atoms with van der Waals surface area (Å²) in [5.41, 5.74) is 5.20. The van der Waals surface area contributed by atoms with E-state index in [0.717, 1.165) is 37.5 Å². The molecule has 1 aliphatic rings. The minimum absolute atomic E-state index is 0.233. The van der Waals surface area contributed by atoms with Crippen molar-refractivity contribution in [2.45, 2.75) is 32.4 Å². The highest BCUT2D eigenvalue weighted by atomic mass is 32.1. The van der Waals surface area contributed by atoms with Crippen LogP contribution in [0.5, 0.6) is 0 Å². The molecule has 3 rings (SSSR count). The standard InChI is InChI=1S/C20H19F3N2O2S/c1-12-5-7-16-14(9-12)11-17(28-16)19(27)25-24-18(26)8-6-13-3-2-4-15(10-13)20(21,22)23/h2-4,6,8,10-12H,5,7,9H2,1H3,(H,24,26)(H,25,27)/b8-6+. The zero-order chi connectivity index (χ0) is 20.3. The predicted molar refractivity (Wildman–Crippen MR) is 102 cm³/mol. The molecule has 0 saturated heterocycles. The molecule has 0 bridgehead atoms. The van der Waals surface area contributed by atoms with E-state index in [4.69, 9.17) is 0 Å². The fourth-order valence-corrected chi connectivity index (χ4v) is 4.13. The summed E-state index contributed by atoms with van der Waals surface area (Å²) in [5, 5.41) is 0. The van der Waals surface area contributed by atoms with E-state index in [-0.39, 0.29) is 5.56 Å². The van der Waals surface area contributed by atoms with Gasteiger partial charge in [-0.15, -0.1) is 11.3 Å². The van der Waals surface area contributed by atoms with Crippen LogP contribution in [0.25, 0.3) is 6.08 Å². The average Bonchev–Trinajstić information content (AvgIpc) is 3.07. The van der Waals surface area contributed by atoms with Crippen molar-refractivity contribution < 1.29 is 22.8 Å². The van der Waals surface area contributed by atoms with Gasteiger partial charge in [0.2, 0.25) is 0 Å². The number of aryl methyl sites for hydroxylation is 1. The van der Waals surface area contributed by atoms with Crippen LogP contribution in [0.4, 0.5) is 13.2 Å². The Hall–Kier alpha value is -2.61. The number of fused-ring (bicyclic) bond motifs is 1. The molecule has 1 aromatic carbocycles. The van der Waals surface area contributed by atoms with Crippen molar-refractivity contribution in [2.75, 3.05) is 0 Å². The van der Waals surface area contributed by atoms with Crippen molar-refractivity contribution in [3.63, 3.8) is 0 Å². The Labute approximate surface area is 164 Å². The maximum atomic E-state index is 12.7. The quantitative estimate of drug-likeness (QED) is 0.586. The first-order valence-electron chi connectivity index (χ1n) is 8.79. The third kappa shape index (κ3) is 5.01. The van der Waals surface area contributed by atoms with Gasteiger partial charge < -0.3 is 0 Å². The van der Waals surface area contributed by atoms with Crippen LogP contribution in [-0.2, 0) is 23.8 Å². The van der Waals surface area contributed by atoms with Crippen LogP contribution in [0.1, 0.15) is 44.6 Å². The second-order valence-electron chi connectivity index (χ2n) is 6.81. The van der Waals surface area contributed by atoms with E-state index < -0.39 is 23.6 Å². The van der Waals surface area contributed by atoms with Crippen molar-refractivity contribution in [1.82, 2.24) is 10.9 Å². The first-order chi connectivity index (χ1) is 13.2. The number of amides is 2. The molecule has 8 heteroatoms. The molecule has 0 radical (unpaired) electrons. The Morgan fingerprint density at radius 3 is 2.75 bits per heavy atom. The van der Waals surface area contributed by atoms with Crippen LogP contribution in [0, 0.1) is 5.92 Å². The molecule has 1 aromatic heterocycles. The Balaban J connectivity index is 1.56. The number of thiophene rings is 1. The van der Waals surface area contributed by atoms with Crippen LogP contribution in [-0.4, -0.2) is 11.8 Å². The SMILES string of the molecule is CC1CCc2sc(C(=O)NNC(=O)/C=C/c3cccc(C(F)(F)F)c3)cc2C1. The lowest BCUT2D eigenvalue weighted by molar-refractivity contribution is -0.137. The second kappa shape index (κ2) is 8.18. The average molecular weight is 408 g/mol. The van der Waals surface area contributed by atoms with Gasteiger partial charge in [0, 0.05) is 11.0 Å². The Bertz CT molecular complexity index is 918. The fourth-order valence-electron chi connectivity index (χ4n) is 3.03. The van der Waals surface area contributed by atoms with E-state index in [0.29, 0.717) is 10.8 Å². The van der Waals surface area contributed by atoms with E-state index in [1.54, 1.807) is 0 Å². The third-order valence-electron chi connectivity index (χ3n) is 4.49. The monoisotopic (exact) mass is 408 g/mol. The smallest absolute Gasteiger partial charge is 0.268 e. The summed E-state index contributed by atoms with van der Waals surface area (Å²) >= 11 is 1.42. The molecule has 4 nitrogen and oxygen atoms in total. The van der Waals surface area contributed by atoms with Crippen molar-refractivity contribution in [3.05, 3.63) is 62.9 Å². The van der Waals surface area contributed by atoms with Gasteiger partial charge in [-0.05, 0) is 60.6 Å². The molecular weight excluding hydrogens is 389 g/mol. The topological polar surface area (TPSA) is 58.2 Å². The Morgan fingerprint density at radius 2 is 2.00 bits per heavy atom. The van der Waals surface area contributed by atoms with Crippen molar-refractivity contribution in [2.24, 2.45) is 5.92 Å². The zero-order valence-electron chi connectivity index (χ0n) is 15.1. The molecule has 1 atom stereocenters. The number of rotatable bonds is 3. The third-order valence-corrected chi connectivity index (χ3v) is 5.73. The molecule has 0 saturated carbocycles. The summed E-state index contributed by atoms with van der Waals surface area (Å²) in [4.78, 5) is 25.8. The van der Waals surface area contributed by atoms with Gasteiger partial charge in [0.25, 0.3) is 11.8 Å². The summed E-state index contributed by atoms with van der Waals surface area (Å²) in [5.74, 6) is -0.452. The molecule has 2 aromatic rings. The van der Waals surface area contributed by atoms with Crippen molar-refractivity contribution in [3.8, 4) is 0 Å². The first-order valence-corrected chi connectivity index (χ1v) is 9.61. The molecular formula is C20H19F3N2O2S. The maximum Gasteiger partial charge on any atom is 0.416 e.